The molecule has 0 radical (unpaired) electrons. The van der Waals surface area contributed by atoms with Gasteiger partial charge >= 0.3 is 0 Å². The van der Waals surface area contributed by atoms with Crippen LogP contribution < -0.4 is 0 Å². The Bertz CT molecular complexity index is 1040. The molecule has 0 unspecified atom stereocenters. The summed E-state index contributed by atoms with van der Waals surface area (Å²) in [4.78, 5) is 20.4. The zero-order valence-corrected chi connectivity index (χ0v) is 16.1. The fourth-order valence-corrected chi connectivity index (χ4v) is 5.28. The molecule has 4 aromatic rings. The topological polar surface area (TPSA) is 59.2 Å². The number of likely N-dealkylation sites (tertiary alicyclic amines) is 1. The van der Waals surface area contributed by atoms with E-state index in [1.807, 2.05) is 34.5 Å². The van der Waals surface area contributed by atoms with Gasteiger partial charge in [-0.3, -0.25) is 4.79 Å². The van der Waals surface area contributed by atoms with Crippen LogP contribution in [-0.4, -0.2) is 34.0 Å². The van der Waals surface area contributed by atoms with E-state index < -0.39 is 0 Å². The molecule has 1 aliphatic rings. The van der Waals surface area contributed by atoms with Crippen LogP contribution in [0.1, 0.15) is 34.3 Å². The van der Waals surface area contributed by atoms with E-state index in [0.29, 0.717) is 17.4 Å². The summed E-state index contributed by atoms with van der Waals surface area (Å²) in [6.07, 6.45) is 1.86. The lowest BCUT2D eigenvalue weighted by molar-refractivity contribution is 0.0702. The zero-order chi connectivity index (χ0) is 18.2. The fraction of sp³-hybridized carbons (Fsp3) is 0.250. The lowest BCUT2D eigenvalue weighted by Gasteiger charge is -2.30. The van der Waals surface area contributed by atoms with Crippen molar-refractivity contribution >= 4 is 38.8 Å². The van der Waals surface area contributed by atoms with Crippen molar-refractivity contribution in [2.24, 2.45) is 0 Å². The Labute approximate surface area is 164 Å². The maximum atomic E-state index is 12.8. The highest BCUT2D eigenvalue weighted by Gasteiger charge is 2.28. The quantitative estimate of drug-likeness (QED) is 0.488. The van der Waals surface area contributed by atoms with Crippen LogP contribution in [0.5, 0.6) is 0 Å². The standard InChI is InChI=1S/C20H17N3O2S2/c24-20(15-12-16(25-22-15)18-6-3-11-26-18)23-9-7-13(8-10-23)19-21-14-4-1-2-5-17(14)27-19/h1-6,11-13H,7-10H2. The second-order valence-electron chi connectivity index (χ2n) is 6.64. The van der Waals surface area contributed by atoms with Crippen LogP contribution >= 0.6 is 22.7 Å². The van der Waals surface area contributed by atoms with Gasteiger partial charge in [-0.05, 0) is 36.4 Å². The number of amides is 1. The first-order valence-corrected chi connectivity index (χ1v) is 10.6. The number of thiazole rings is 1. The van der Waals surface area contributed by atoms with E-state index >= 15 is 0 Å². The smallest absolute Gasteiger partial charge is 0.276 e. The number of carbonyl (C=O) groups is 1. The highest BCUT2D eigenvalue weighted by atomic mass is 32.1. The number of nitrogens with zero attached hydrogens (tertiary/aromatic N) is 3. The maximum absolute atomic E-state index is 12.8. The first-order valence-electron chi connectivity index (χ1n) is 8.93. The van der Waals surface area contributed by atoms with Crippen LogP contribution in [0.3, 0.4) is 0 Å². The van der Waals surface area contributed by atoms with Crippen LogP contribution in [-0.2, 0) is 0 Å². The van der Waals surface area contributed by atoms with Gasteiger partial charge in [-0.15, -0.1) is 22.7 Å². The molecule has 1 aliphatic heterocycles. The molecule has 0 spiro atoms. The molecule has 1 saturated heterocycles. The molecule has 5 nitrogen and oxygen atoms in total. The fourth-order valence-electron chi connectivity index (χ4n) is 3.47. The van der Waals surface area contributed by atoms with Crippen molar-refractivity contribution in [3.8, 4) is 10.6 Å². The lowest BCUT2D eigenvalue weighted by Crippen LogP contribution is -2.38. The average molecular weight is 396 g/mol. The summed E-state index contributed by atoms with van der Waals surface area (Å²) in [6.45, 7) is 1.45. The third-order valence-electron chi connectivity index (χ3n) is 4.94. The molecule has 0 saturated carbocycles. The third kappa shape index (κ3) is 3.17. The molecule has 27 heavy (non-hydrogen) atoms. The van der Waals surface area contributed by atoms with E-state index in [9.17, 15) is 4.79 Å². The van der Waals surface area contributed by atoms with Crippen molar-refractivity contribution in [2.45, 2.75) is 18.8 Å². The molecule has 5 rings (SSSR count). The van der Waals surface area contributed by atoms with Crippen molar-refractivity contribution < 1.29 is 9.32 Å². The van der Waals surface area contributed by atoms with Crippen molar-refractivity contribution in [1.29, 1.82) is 0 Å². The monoisotopic (exact) mass is 395 g/mol. The molecule has 7 heteroatoms. The van der Waals surface area contributed by atoms with Gasteiger partial charge in [-0.2, -0.15) is 0 Å². The molecule has 0 atom stereocenters. The summed E-state index contributed by atoms with van der Waals surface area (Å²) >= 11 is 3.34. The number of thiophene rings is 1. The first kappa shape index (κ1) is 16.6. The molecule has 1 fully saturated rings. The number of hydrogen-bond acceptors (Lipinski definition) is 6. The van der Waals surface area contributed by atoms with Gasteiger partial charge in [0.25, 0.3) is 5.91 Å². The molecule has 1 aromatic carbocycles. The Hall–Kier alpha value is -2.51. The molecule has 4 heterocycles. The zero-order valence-electron chi connectivity index (χ0n) is 14.5. The highest BCUT2D eigenvalue weighted by molar-refractivity contribution is 7.18. The van der Waals surface area contributed by atoms with E-state index in [-0.39, 0.29) is 5.91 Å². The summed E-state index contributed by atoms with van der Waals surface area (Å²) in [5.74, 6) is 1.02. The van der Waals surface area contributed by atoms with E-state index in [0.717, 1.165) is 36.3 Å². The van der Waals surface area contributed by atoms with Gasteiger partial charge in [0, 0.05) is 25.1 Å². The van der Waals surface area contributed by atoms with E-state index in [4.69, 9.17) is 9.51 Å². The van der Waals surface area contributed by atoms with Crippen LogP contribution in [0.25, 0.3) is 20.9 Å². The molecule has 0 N–H and O–H groups in total. The average Bonchev–Trinajstić information content (AvgIpc) is 3.47. The Morgan fingerprint density at radius 1 is 1.15 bits per heavy atom. The molecular weight excluding hydrogens is 378 g/mol. The molecule has 1 amide bonds. The predicted octanol–water partition coefficient (Wildman–Crippen LogP) is 5.03. The van der Waals surface area contributed by atoms with E-state index in [1.54, 1.807) is 28.7 Å². The van der Waals surface area contributed by atoms with Gasteiger partial charge in [0.05, 0.1) is 20.1 Å². The van der Waals surface area contributed by atoms with Crippen molar-refractivity contribution in [1.82, 2.24) is 15.0 Å². The first-order chi connectivity index (χ1) is 13.3. The highest BCUT2D eigenvalue weighted by Crippen LogP contribution is 2.34. The van der Waals surface area contributed by atoms with Crippen LogP contribution in [0.15, 0.2) is 52.4 Å². The van der Waals surface area contributed by atoms with Gasteiger partial charge in [0.1, 0.15) is 0 Å². The van der Waals surface area contributed by atoms with Crippen LogP contribution in [0.4, 0.5) is 0 Å². The largest absolute Gasteiger partial charge is 0.355 e. The summed E-state index contributed by atoms with van der Waals surface area (Å²) in [5.41, 5.74) is 1.46. The predicted molar refractivity (Wildman–Crippen MR) is 107 cm³/mol. The Balaban J connectivity index is 1.26. The van der Waals surface area contributed by atoms with Crippen molar-refractivity contribution in [3.63, 3.8) is 0 Å². The molecular formula is C20H17N3O2S2. The van der Waals surface area contributed by atoms with Gasteiger partial charge < -0.3 is 9.42 Å². The minimum atomic E-state index is -0.0516. The van der Waals surface area contributed by atoms with Crippen molar-refractivity contribution in [2.75, 3.05) is 13.1 Å². The van der Waals surface area contributed by atoms with Gasteiger partial charge in [-0.25, -0.2) is 4.98 Å². The molecule has 136 valence electrons. The van der Waals surface area contributed by atoms with Crippen molar-refractivity contribution in [3.05, 3.63) is 58.5 Å². The molecule has 0 bridgehead atoms. The summed E-state index contributed by atoms with van der Waals surface area (Å²) in [6, 6.07) is 13.9. The second-order valence-corrected chi connectivity index (χ2v) is 8.65. The Kier molecular flexibility index (Phi) is 4.26. The number of carbonyl (C=O) groups excluding carboxylic acids is 1. The number of piperidine rings is 1. The molecule has 0 aliphatic carbocycles. The number of fused-ring (bicyclic) bond motifs is 1. The lowest BCUT2D eigenvalue weighted by atomic mass is 9.97. The summed E-state index contributed by atoms with van der Waals surface area (Å²) in [5, 5.41) is 7.15. The number of rotatable bonds is 3. The minimum Gasteiger partial charge on any atom is -0.355 e. The number of hydrogen-bond donors (Lipinski definition) is 0. The van der Waals surface area contributed by atoms with Gasteiger partial charge in [0.15, 0.2) is 11.5 Å². The Morgan fingerprint density at radius 2 is 2.00 bits per heavy atom. The van der Waals surface area contributed by atoms with Gasteiger partial charge in [0.2, 0.25) is 0 Å². The summed E-state index contributed by atoms with van der Waals surface area (Å²) in [7, 11) is 0. The third-order valence-corrected chi connectivity index (χ3v) is 7.02. The second kappa shape index (κ2) is 6.90. The minimum absolute atomic E-state index is 0.0516. The molecule has 3 aromatic heterocycles. The summed E-state index contributed by atoms with van der Waals surface area (Å²) < 4.78 is 6.58. The van der Waals surface area contributed by atoms with Crippen LogP contribution in [0, 0.1) is 0 Å². The Morgan fingerprint density at radius 3 is 2.78 bits per heavy atom. The number of benzene rings is 1. The van der Waals surface area contributed by atoms with Crippen LogP contribution in [0.2, 0.25) is 0 Å². The number of aromatic nitrogens is 2. The van der Waals surface area contributed by atoms with E-state index in [2.05, 4.69) is 17.3 Å². The van der Waals surface area contributed by atoms with E-state index in [1.165, 1.54) is 9.71 Å². The maximum Gasteiger partial charge on any atom is 0.276 e. The SMILES string of the molecule is O=C(c1cc(-c2cccs2)on1)N1CCC(c2nc3ccccc3s2)CC1. The number of para-hydroxylation sites is 1. The normalized spacial score (nSPS) is 15.5. The van der Waals surface area contributed by atoms with Gasteiger partial charge in [-0.1, -0.05) is 23.4 Å².